The monoisotopic (exact) mass is 221 g/mol. The fourth-order valence-electron chi connectivity index (χ4n) is 2.37. The molecule has 1 aromatic carbocycles. The fraction of sp³-hybridized carbons (Fsp3) is 0.538. The zero-order valence-corrected chi connectivity index (χ0v) is 10.4. The van der Waals surface area contributed by atoms with Gasteiger partial charge in [-0.15, -0.1) is 0 Å². The van der Waals surface area contributed by atoms with Crippen LogP contribution in [0.25, 0.3) is 0 Å². The predicted molar refractivity (Wildman–Crippen MR) is 64.4 cm³/mol. The van der Waals surface area contributed by atoms with Gasteiger partial charge in [-0.05, 0) is 38.6 Å². The van der Waals surface area contributed by atoms with Crippen molar-refractivity contribution in [2.45, 2.75) is 18.9 Å². The lowest BCUT2D eigenvalue weighted by molar-refractivity contribution is 0.301. The van der Waals surface area contributed by atoms with Crippen molar-refractivity contribution in [3.63, 3.8) is 0 Å². The van der Waals surface area contributed by atoms with Gasteiger partial charge in [0, 0.05) is 11.6 Å². The van der Waals surface area contributed by atoms with Crippen LogP contribution in [-0.2, 0) is 12.8 Å². The van der Waals surface area contributed by atoms with E-state index in [1.807, 2.05) is 6.07 Å². The number of rotatable bonds is 3. The van der Waals surface area contributed by atoms with Crippen molar-refractivity contribution in [2.75, 3.05) is 28.3 Å². The van der Waals surface area contributed by atoms with Crippen LogP contribution in [0.15, 0.2) is 12.1 Å². The lowest BCUT2D eigenvalue weighted by Crippen LogP contribution is -2.28. The molecule has 0 spiro atoms. The van der Waals surface area contributed by atoms with Gasteiger partial charge in [-0.3, -0.25) is 0 Å². The van der Waals surface area contributed by atoms with Crippen molar-refractivity contribution in [1.82, 2.24) is 4.90 Å². The number of ether oxygens (including phenoxy) is 2. The molecule has 1 aliphatic carbocycles. The van der Waals surface area contributed by atoms with Gasteiger partial charge < -0.3 is 14.4 Å². The average Bonchev–Trinajstić information content (AvgIpc) is 2.71. The molecule has 0 aromatic heterocycles. The maximum absolute atomic E-state index is 5.46. The van der Waals surface area contributed by atoms with Gasteiger partial charge >= 0.3 is 0 Å². The molecule has 3 nitrogen and oxygen atoms in total. The van der Waals surface area contributed by atoms with Gasteiger partial charge in [-0.2, -0.15) is 0 Å². The van der Waals surface area contributed by atoms with Crippen molar-refractivity contribution in [1.29, 1.82) is 0 Å². The van der Waals surface area contributed by atoms with Crippen LogP contribution in [0.3, 0.4) is 0 Å². The molecule has 0 fully saturated rings. The molecule has 0 unspecified atom stereocenters. The first-order valence-corrected chi connectivity index (χ1v) is 5.56. The maximum Gasteiger partial charge on any atom is 0.164 e. The standard InChI is InChI=1S/C13H19NO2/c1-14(2)10-7-9-5-6-12(15-3)13(16-4)11(9)8-10/h5-6,10H,7-8H2,1-4H3/t10-/m1/s1. The summed E-state index contributed by atoms with van der Waals surface area (Å²) in [5.41, 5.74) is 2.69. The Morgan fingerprint density at radius 2 is 1.88 bits per heavy atom. The normalized spacial score (nSPS) is 18.7. The molecule has 0 radical (unpaired) electrons. The van der Waals surface area contributed by atoms with Crippen LogP contribution in [0.4, 0.5) is 0 Å². The molecule has 0 saturated heterocycles. The average molecular weight is 221 g/mol. The number of likely N-dealkylation sites (N-methyl/N-ethyl adjacent to an activating group) is 1. The van der Waals surface area contributed by atoms with E-state index in [4.69, 9.17) is 9.47 Å². The quantitative estimate of drug-likeness (QED) is 0.776. The summed E-state index contributed by atoms with van der Waals surface area (Å²) in [5, 5.41) is 0. The summed E-state index contributed by atoms with van der Waals surface area (Å²) in [6.07, 6.45) is 2.14. The Labute approximate surface area is 97.0 Å². The van der Waals surface area contributed by atoms with E-state index >= 15 is 0 Å². The molecular formula is C13H19NO2. The van der Waals surface area contributed by atoms with Crippen LogP contribution in [0.2, 0.25) is 0 Å². The van der Waals surface area contributed by atoms with Crippen LogP contribution >= 0.6 is 0 Å². The van der Waals surface area contributed by atoms with Crippen molar-refractivity contribution >= 4 is 0 Å². The molecular weight excluding hydrogens is 202 g/mol. The first-order chi connectivity index (χ1) is 7.67. The Balaban J connectivity index is 2.38. The van der Waals surface area contributed by atoms with E-state index < -0.39 is 0 Å². The molecule has 0 bridgehead atoms. The second-order valence-electron chi connectivity index (χ2n) is 4.46. The predicted octanol–water partition coefficient (Wildman–Crippen LogP) is 1.73. The van der Waals surface area contributed by atoms with Gasteiger partial charge in [-0.1, -0.05) is 6.07 Å². The van der Waals surface area contributed by atoms with Crippen molar-refractivity contribution in [3.05, 3.63) is 23.3 Å². The van der Waals surface area contributed by atoms with Crippen molar-refractivity contribution in [3.8, 4) is 11.5 Å². The Bertz CT molecular complexity index is 388. The van der Waals surface area contributed by atoms with Gasteiger partial charge in [0.1, 0.15) is 0 Å². The van der Waals surface area contributed by atoms with Gasteiger partial charge in [0.05, 0.1) is 14.2 Å². The molecule has 0 aliphatic heterocycles. The van der Waals surface area contributed by atoms with E-state index in [0.29, 0.717) is 6.04 Å². The highest BCUT2D eigenvalue weighted by Gasteiger charge is 2.27. The molecule has 1 atom stereocenters. The minimum Gasteiger partial charge on any atom is -0.493 e. The highest BCUT2D eigenvalue weighted by atomic mass is 16.5. The number of fused-ring (bicyclic) bond motifs is 1. The molecule has 2 rings (SSSR count). The Morgan fingerprint density at radius 3 is 2.44 bits per heavy atom. The molecule has 0 amide bonds. The van der Waals surface area contributed by atoms with Crippen LogP contribution in [0.5, 0.6) is 11.5 Å². The minimum absolute atomic E-state index is 0.580. The van der Waals surface area contributed by atoms with Crippen LogP contribution in [0.1, 0.15) is 11.1 Å². The third-order valence-electron chi connectivity index (χ3n) is 3.37. The molecule has 0 N–H and O–H groups in total. The first-order valence-electron chi connectivity index (χ1n) is 5.56. The molecule has 0 heterocycles. The molecule has 0 saturated carbocycles. The zero-order valence-electron chi connectivity index (χ0n) is 10.4. The van der Waals surface area contributed by atoms with Crippen LogP contribution < -0.4 is 9.47 Å². The van der Waals surface area contributed by atoms with Gasteiger partial charge in [0.15, 0.2) is 11.5 Å². The number of nitrogens with zero attached hydrogens (tertiary/aromatic N) is 1. The van der Waals surface area contributed by atoms with E-state index in [1.54, 1.807) is 14.2 Å². The maximum atomic E-state index is 5.46. The van der Waals surface area contributed by atoms with Crippen LogP contribution in [0, 0.1) is 0 Å². The lowest BCUT2D eigenvalue weighted by atomic mass is 10.1. The smallest absolute Gasteiger partial charge is 0.164 e. The Hall–Kier alpha value is -1.22. The van der Waals surface area contributed by atoms with E-state index in [0.717, 1.165) is 24.3 Å². The number of hydrogen-bond donors (Lipinski definition) is 0. The summed E-state index contributed by atoms with van der Waals surface area (Å²) in [5.74, 6) is 1.74. The minimum atomic E-state index is 0.580. The summed E-state index contributed by atoms with van der Waals surface area (Å²) < 4.78 is 10.8. The summed E-state index contributed by atoms with van der Waals surface area (Å²) in [4.78, 5) is 2.27. The van der Waals surface area contributed by atoms with Crippen LogP contribution in [-0.4, -0.2) is 39.3 Å². The van der Waals surface area contributed by atoms with E-state index in [2.05, 4.69) is 25.1 Å². The lowest BCUT2D eigenvalue weighted by Gasteiger charge is -2.18. The molecule has 3 heteroatoms. The Kier molecular flexibility index (Phi) is 3.06. The SMILES string of the molecule is COc1ccc2c(c1OC)C[C@H](N(C)C)C2. The zero-order chi connectivity index (χ0) is 11.7. The van der Waals surface area contributed by atoms with E-state index in [1.165, 1.54) is 11.1 Å². The molecule has 1 aliphatic rings. The summed E-state index contributed by atoms with van der Waals surface area (Å²) in [6, 6.07) is 4.73. The Morgan fingerprint density at radius 1 is 1.12 bits per heavy atom. The van der Waals surface area contributed by atoms with E-state index in [9.17, 15) is 0 Å². The number of benzene rings is 1. The van der Waals surface area contributed by atoms with Gasteiger partial charge in [-0.25, -0.2) is 0 Å². The number of hydrogen-bond acceptors (Lipinski definition) is 3. The summed E-state index contributed by atoms with van der Waals surface area (Å²) >= 11 is 0. The van der Waals surface area contributed by atoms with Crippen molar-refractivity contribution in [2.24, 2.45) is 0 Å². The van der Waals surface area contributed by atoms with Crippen molar-refractivity contribution < 1.29 is 9.47 Å². The third-order valence-corrected chi connectivity index (χ3v) is 3.37. The van der Waals surface area contributed by atoms with Gasteiger partial charge in [0.25, 0.3) is 0 Å². The summed E-state index contributed by atoms with van der Waals surface area (Å²) in [7, 11) is 7.64. The second-order valence-corrected chi connectivity index (χ2v) is 4.46. The van der Waals surface area contributed by atoms with Gasteiger partial charge in [0.2, 0.25) is 0 Å². The summed E-state index contributed by atoms with van der Waals surface area (Å²) in [6.45, 7) is 0. The number of methoxy groups -OCH3 is 2. The second kappa shape index (κ2) is 4.34. The first kappa shape index (κ1) is 11.3. The molecule has 16 heavy (non-hydrogen) atoms. The highest BCUT2D eigenvalue weighted by molar-refractivity contribution is 5.53. The molecule has 1 aromatic rings. The largest absolute Gasteiger partial charge is 0.493 e. The highest BCUT2D eigenvalue weighted by Crippen LogP contribution is 2.38. The topological polar surface area (TPSA) is 21.7 Å². The fourth-order valence-corrected chi connectivity index (χ4v) is 2.37. The van der Waals surface area contributed by atoms with E-state index in [-0.39, 0.29) is 0 Å². The molecule has 88 valence electrons. The third kappa shape index (κ3) is 1.76.